The van der Waals surface area contributed by atoms with E-state index in [4.69, 9.17) is 18.5 Å². The molecule has 0 spiro atoms. The van der Waals surface area contributed by atoms with Gasteiger partial charge in [-0.25, -0.2) is 4.79 Å². The average molecular weight is 296 g/mol. The van der Waals surface area contributed by atoms with Gasteiger partial charge < -0.3 is 23.3 Å². The van der Waals surface area contributed by atoms with Crippen LogP contribution in [-0.2, 0) is 32.6 Å². The van der Waals surface area contributed by atoms with Crippen LogP contribution in [0.3, 0.4) is 0 Å². The number of carbonyl (C=O) groups is 1. The van der Waals surface area contributed by atoms with Crippen molar-refractivity contribution in [3.05, 3.63) is 12.2 Å². The molecule has 19 heavy (non-hydrogen) atoms. The number of hydrogen-bond acceptors (Lipinski definition) is 7. The fourth-order valence-corrected chi connectivity index (χ4v) is 1.92. The molecule has 0 aromatic rings. The largest absolute Gasteiger partial charge is 0.466 e. The van der Waals surface area contributed by atoms with Gasteiger partial charge in [0.25, 0.3) is 0 Å². The number of esters is 1. The predicted octanol–water partition coefficient (Wildman–Crippen LogP) is 1.23. The van der Waals surface area contributed by atoms with E-state index < -0.39 is 13.6 Å². The molecule has 0 fully saturated rings. The van der Waals surface area contributed by atoms with Crippen LogP contribution < -0.4 is 0 Å². The van der Waals surface area contributed by atoms with Crippen LogP contribution in [0.25, 0.3) is 0 Å². The Morgan fingerprint density at radius 2 is 1.63 bits per heavy atom. The lowest BCUT2D eigenvalue weighted by molar-refractivity contribution is -0.136. The Morgan fingerprint density at radius 3 is 2.16 bits per heavy atom. The Hall–Kier alpha value is -0.720. The van der Waals surface area contributed by atoms with E-state index in [0.29, 0.717) is 13.2 Å². The summed E-state index contributed by atoms with van der Waals surface area (Å²) in [6.45, 7) is 4.43. The van der Waals surface area contributed by atoms with Gasteiger partial charge in [0.15, 0.2) is 0 Å². The zero-order chi connectivity index (χ0) is 14.7. The summed E-state index contributed by atoms with van der Waals surface area (Å²) in [4.78, 5) is 11.0. The SMILES string of the molecule is C=C(COCCOCCP(=O)(OC)OC)C(=O)OC. The van der Waals surface area contributed by atoms with Crippen LogP contribution in [0.15, 0.2) is 12.2 Å². The molecule has 0 radical (unpaired) electrons. The minimum absolute atomic E-state index is 0.0880. The maximum Gasteiger partial charge on any atom is 0.335 e. The Morgan fingerprint density at radius 1 is 1.05 bits per heavy atom. The molecule has 0 amide bonds. The molecule has 7 nitrogen and oxygen atoms in total. The van der Waals surface area contributed by atoms with Crippen LogP contribution in [0.2, 0.25) is 0 Å². The fourth-order valence-electron chi connectivity index (χ4n) is 1.05. The second-order valence-corrected chi connectivity index (χ2v) is 5.86. The highest BCUT2D eigenvalue weighted by molar-refractivity contribution is 7.53. The smallest absolute Gasteiger partial charge is 0.335 e. The summed E-state index contributed by atoms with van der Waals surface area (Å²) in [7, 11) is 0.918. The molecule has 0 unspecified atom stereocenters. The van der Waals surface area contributed by atoms with Crippen LogP contribution in [-0.4, -0.2) is 59.9 Å². The van der Waals surface area contributed by atoms with E-state index in [9.17, 15) is 9.36 Å². The van der Waals surface area contributed by atoms with Crippen molar-refractivity contribution in [2.45, 2.75) is 0 Å². The van der Waals surface area contributed by atoms with Gasteiger partial charge in [0.1, 0.15) is 0 Å². The van der Waals surface area contributed by atoms with Gasteiger partial charge in [-0.05, 0) is 0 Å². The molecule has 0 bridgehead atoms. The maximum absolute atomic E-state index is 11.6. The van der Waals surface area contributed by atoms with E-state index in [1.807, 2.05) is 0 Å². The number of methoxy groups -OCH3 is 1. The Balaban J connectivity index is 3.54. The van der Waals surface area contributed by atoms with Crippen molar-refractivity contribution in [3.8, 4) is 0 Å². The van der Waals surface area contributed by atoms with E-state index >= 15 is 0 Å². The number of ether oxygens (including phenoxy) is 3. The van der Waals surface area contributed by atoms with E-state index in [1.165, 1.54) is 21.3 Å². The van der Waals surface area contributed by atoms with E-state index in [2.05, 4.69) is 11.3 Å². The van der Waals surface area contributed by atoms with Gasteiger partial charge >= 0.3 is 13.6 Å². The lowest BCUT2D eigenvalue weighted by atomic mass is 10.3. The molecule has 0 saturated carbocycles. The lowest BCUT2D eigenvalue weighted by Crippen LogP contribution is -2.13. The highest BCUT2D eigenvalue weighted by Crippen LogP contribution is 2.45. The zero-order valence-electron chi connectivity index (χ0n) is 11.5. The van der Waals surface area contributed by atoms with Gasteiger partial charge in [0.05, 0.1) is 45.3 Å². The van der Waals surface area contributed by atoms with Crippen molar-refractivity contribution < 1.29 is 32.6 Å². The molecule has 0 saturated heterocycles. The third kappa shape index (κ3) is 8.13. The summed E-state index contributed by atoms with van der Waals surface area (Å²) < 4.78 is 35.9. The van der Waals surface area contributed by atoms with Gasteiger partial charge in [-0.15, -0.1) is 0 Å². The van der Waals surface area contributed by atoms with Crippen molar-refractivity contribution in [2.24, 2.45) is 0 Å². The Kier molecular flexibility index (Phi) is 9.73. The summed E-state index contributed by atoms with van der Waals surface area (Å²) in [5.74, 6) is -0.498. The van der Waals surface area contributed by atoms with Crippen molar-refractivity contribution in [3.63, 3.8) is 0 Å². The summed E-state index contributed by atoms with van der Waals surface area (Å²) in [5, 5.41) is 0. The molecule has 0 aliphatic heterocycles. The molecular weight excluding hydrogens is 275 g/mol. The second kappa shape index (κ2) is 10.1. The number of hydrogen-bond donors (Lipinski definition) is 0. The third-order valence-corrected chi connectivity index (χ3v) is 4.03. The van der Waals surface area contributed by atoms with Gasteiger partial charge in [0, 0.05) is 14.2 Å². The first kappa shape index (κ1) is 18.3. The monoisotopic (exact) mass is 296 g/mol. The van der Waals surface area contributed by atoms with Gasteiger partial charge in [-0.1, -0.05) is 6.58 Å². The minimum Gasteiger partial charge on any atom is -0.466 e. The van der Waals surface area contributed by atoms with Crippen molar-refractivity contribution in [1.82, 2.24) is 0 Å². The van der Waals surface area contributed by atoms with E-state index in [1.54, 1.807) is 0 Å². The normalized spacial score (nSPS) is 11.3. The third-order valence-electron chi connectivity index (χ3n) is 2.19. The quantitative estimate of drug-likeness (QED) is 0.245. The molecule has 0 aromatic carbocycles. The van der Waals surface area contributed by atoms with E-state index in [-0.39, 0.29) is 24.9 Å². The van der Waals surface area contributed by atoms with Crippen LogP contribution in [0, 0.1) is 0 Å². The molecule has 8 heteroatoms. The molecule has 0 aromatic heterocycles. The maximum atomic E-state index is 11.6. The van der Waals surface area contributed by atoms with Crippen molar-refractivity contribution in [1.29, 1.82) is 0 Å². The van der Waals surface area contributed by atoms with Gasteiger partial charge in [-0.3, -0.25) is 4.57 Å². The highest BCUT2D eigenvalue weighted by atomic mass is 31.2. The average Bonchev–Trinajstić information content (AvgIpc) is 2.44. The summed E-state index contributed by atoms with van der Waals surface area (Å²) in [6.07, 6.45) is 0.175. The van der Waals surface area contributed by atoms with Gasteiger partial charge in [0.2, 0.25) is 0 Å². The number of rotatable bonds is 11. The standard InChI is InChI=1S/C11H21O7P/c1-10(11(12)14-2)9-18-6-5-17-7-8-19(13,15-3)16-4/h1,5-9H2,2-4H3. The molecule has 0 aliphatic rings. The second-order valence-electron chi connectivity index (χ2n) is 3.46. The molecule has 0 heterocycles. The first-order valence-corrected chi connectivity index (χ1v) is 7.34. The number of carbonyl (C=O) groups excluding carboxylic acids is 1. The van der Waals surface area contributed by atoms with Crippen LogP contribution in [0.1, 0.15) is 0 Å². The fraction of sp³-hybridized carbons (Fsp3) is 0.727. The Labute approximate surface area is 113 Å². The first-order chi connectivity index (χ1) is 8.99. The van der Waals surface area contributed by atoms with Crippen LogP contribution >= 0.6 is 7.60 Å². The zero-order valence-corrected chi connectivity index (χ0v) is 12.4. The topological polar surface area (TPSA) is 80.3 Å². The van der Waals surface area contributed by atoms with Crippen LogP contribution in [0.5, 0.6) is 0 Å². The summed E-state index contributed by atoms with van der Waals surface area (Å²) >= 11 is 0. The van der Waals surface area contributed by atoms with Crippen molar-refractivity contribution in [2.75, 3.05) is 53.9 Å². The van der Waals surface area contributed by atoms with Crippen molar-refractivity contribution >= 4 is 13.6 Å². The predicted molar refractivity (Wildman–Crippen MR) is 69.3 cm³/mol. The molecule has 0 N–H and O–H groups in total. The lowest BCUT2D eigenvalue weighted by Gasteiger charge is -2.13. The first-order valence-electron chi connectivity index (χ1n) is 5.61. The summed E-state index contributed by atoms with van der Waals surface area (Å²) in [6, 6.07) is 0. The molecule has 0 atom stereocenters. The molecule has 0 aliphatic carbocycles. The minimum atomic E-state index is -3.01. The molecule has 0 rings (SSSR count). The highest BCUT2D eigenvalue weighted by Gasteiger charge is 2.20. The van der Waals surface area contributed by atoms with E-state index in [0.717, 1.165) is 0 Å². The van der Waals surface area contributed by atoms with Crippen LogP contribution in [0.4, 0.5) is 0 Å². The Bertz CT molecular complexity index is 321. The molecular formula is C11H21O7P. The molecule has 112 valence electrons. The summed E-state index contributed by atoms with van der Waals surface area (Å²) in [5.41, 5.74) is 0.241. The van der Waals surface area contributed by atoms with Gasteiger partial charge in [-0.2, -0.15) is 0 Å².